The van der Waals surface area contributed by atoms with Crippen LogP contribution in [-0.4, -0.2) is 74.6 Å². The van der Waals surface area contributed by atoms with E-state index in [9.17, 15) is 36.3 Å². The Labute approximate surface area is 227 Å². The van der Waals surface area contributed by atoms with Crippen molar-refractivity contribution >= 4 is 23.1 Å². The molecule has 0 aliphatic carbocycles. The molecule has 0 unspecified atom stereocenters. The van der Waals surface area contributed by atoms with Gasteiger partial charge in [0.15, 0.2) is 17.3 Å². The fourth-order valence-electron chi connectivity index (χ4n) is 5.45. The molecule has 0 spiro atoms. The van der Waals surface area contributed by atoms with Crippen molar-refractivity contribution in [2.45, 2.75) is 49.9 Å². The number of nitrogens with one attached hydrogen (secondary N) is 2. The Morgan fingerprint density at radius 3 is 2.58 bits per heavy atom. The molecule has 2 N–H and O–H groups in total. The quantitative estimate of drug-likeness (QED) is 0.469. The molecule has 2 aliphatic heterocycles. The van der Waals surface area contributed by atoms with Crippen LogP contribution >= 0.6 is 0 Å². The van der Waals surface area contributed by atoms with Crippen LogP contribution in [0, 0.1) is 11.6 Å². The fourth-order valence-corrected chi connectivity index (χ4v) is 5.45. The number of fused-ring (bicyclic) bond motifs is 1. The highest BCUT2D eigenvalue weighted by Crippen LogP contribution is 2.32. The lowest BCUT2D eigenvalue weighted by molar-refractivity contribution is -0.162. The molecule has 4 heterocycles. The third kappa shape index (κ3) is 5.65. The molecule has 2 fully saturated rings. The molecule has 1 aromatic carbocycles. The van der Waals surface area contributed by atoms with E-state index in [1.165, 1.54) is 17.0 Å². The SMILES string of the molecule is [2H]C([2H])(N1C[C@H](c2cccc(F)c2F)CC[C@@H](NC(=O)N2CCC(n3c(=O)[nH]c4ncccc43)CC2)C1=O)C(F)(F)F. The van der Waals surface area contributed by atoms with Crippen LogP contribution in [0.15, 0.2) is 41.3 Å². The second-order valence-electron chi connectivity index (χ2n) is 9.87. The Morgan fingerprint density at radius 1 is 1.10 bits per heavy atom. The molecule has 40 heavy (non-hydrogen) atoms. The molecule has 9 nitrogen and oxygen atoms in total. The van der Waals surface area contributed by atoms with Gasteiger partial charge in [-0.2, -0.15) is 13.2 Å². The summed E-state index contributed by atoms with van der Waals surface area (Å²) in [5.41, 5.74) is 0.397. The predicted molar refractivity (Wildman–Crippen MR) is 133 cm³/mol. The molecule has 5 rings (SSSR count). The Bertz CT molecular complexity index is 1550. The van der Waals surface area contributed by atoms with Gasteiger partial charge in [-0.25, -0.2) is 23.4 Å². The number of halogens is 5. The lowest BCUT2D eigenvalue weighted by Crippen LogP contribution is -2.54. The number of H-pyrrole nitrogens is 1. The highest BCUT2D eigenvalue weighted by molar-refractivity contribution is 5.87. The van der Waals surface area contributed by atoms with Gasteiger partial charge in [-0.3, -0.25) is 14.3 Å². The molecular formula is C26H27F5N6O3. The molecule has 2 atom stereocenters. The van der Waals surface area contributed by atoms with Crippen molar-refractivity contribution in [2.24, 2.45) is 0 Å². The zero-order valence-corrected chi connectivity index (χ0v) is 21.0. The number of nitrogens with zero attached hydrogens (tertiary/aromatic N) is 4. The Kier molecular flexibility index (Phi) is 6.81. The molecule has 14 heteroatoms. The monoisotopic (exact) mass is 568 g/mol. The van der Waals surface area contributed by atoms with Gasteiger partial charge in [-0.05, 0) is 49.4 Å². The molecule has 0 bridgehead atoms. The maximum absolute atomic E-state index is 14.6. The van der Waals surface area contributed by atoms with Crippen LogP contribution in [0.25, 0.3) is 11.2 Å². The second kappa shape index (κ2) is 10.9. The summed E-state index contributed by atoms with van der Waals surface area (Å²) in [5.74, 6) is -5.01. The molecule has 0 saturated carbocycles. The van der Waals surface area contributed by atoms with E-state index in [0.29, 0.717) is 24.0 Å². The average molecular weight is 569 g/mol. The number of aromatic amines is 1. The zero-order chi connectivity index (χ0) is 30.4. The maximum Gasteiger partial charge on any atom is 0.406 e. The van der Waals surface area contributed by atoms with Gasteiger partial charge in [0.2, 0.25) is 5.91 Å². The number of aromatic nitrogens is 3. The molecule has 2 saturated heterocycles. The van der Waals surface area contributed by atoms with Gasteiger partial charge >= 0.3 is 17.9 Å². The van der Waals surface area contributed by atoms with E-state index in [2.05, 4.69) is 15.3 Å². The number of imidazole rings is 1. The van der Waals surface area contributed by atoms with E-state index in [4.69, 9.17) is 2.74 Å². The number of likely N-dealkylation sites (tertiary alicyclic amines) is 2. The first-order chi connectivity index (χ1) is 19.8. The summed E-state index contributed by atoms with van der Waals surface area (Å²) in [4.78, 5) is 47.1. The Balaban J connectivity index is 1.33. The molecule has 214 valence electrons. The van der Waals surface area contributed by atoms with E-state index in [1.807, 2.05) is 0 Å². The summed E-state index contributed by atoms with van der Waals surface area (Å²) in [6.07, 6.45) is -3.56. The van der Waals surface area contributed by atoms with Crippen LogP contribution in [-0.2, 0) is 4.79 Å². The Morgan fingerprint density at radius 2 is 1.85 bits per heavy atom. The lowest BCUT2D eigenvalue weighted by Gasteiger charge is -2.34. The number of benzene rings is 1. The normalized spacial score (nSPS) is 22.2. The van der Waals surface area contributed by atoms with Crippen molar-refractivity contribution in [2.75, 3.05) is 26.1 Å². The number of amides is 3. The van der Waals surface area contributed by atoms with Crippen molar-refractivity contribution in [1.29, 1.82) is 0 Å². The van der Waals surface area contributed by atoms with Crippen LogP contribution < -0.4 is 11.0 Å². The van der Waals surface area contributed by atoms with Crippen molar-refractivity contribution in [3.63, 3.8) is 0 Å². The third-order valence-electron chi connectivity index (χ3n) is 7.36. The highest BCUT2D eigenvalue weighted by Gasteiger charge is 2.40. The summed E-state index contributed by atoms with van der Waals surface area (Å²) in [6.45, 7) is -4.68. The highest BCUT2D eigenvalue weighted by atomic mass is 19.4. The van der Waals surface area contributed by atoms with Crippen molar-refractivity contribution in [3.05, 3.63) is 64.2 Å². The maximum atomic E-state index is 14.6. The number of urea groups is 1. The van der Waals surface area contributed by atoms with Crippen LogP contribution in [0.5, 0.6) is 0 Å². The van der Waals surface area contributed by atoms with Crippen LogP contribution in [0.2, 0.25) is 0 Å². The van der Waals surface area contributed by atoms with E-state index in [-0.39, 0.29) is 48.1 Å². The molecule has 3 amide bonds. The molecule has 3 aromatic rings. The standard InChI is InChI=1S/C26H27F5N6O3/c27-18-4-1-3-17(21(18)28)15-6-7-19(23(38)36(13-15)14-26(29,30)31)33-24(39)35-11-8-16(9-12-35)37-20-5-2-10-32-22(20)34-25(37)40/h1-5,10,15-16,19H,6-9,11-14H2,(H,33,39)(H,32,34,40)/t15-,19-/m1/s1/i14D2. The van der Waals surface area contributed by atoms with Gasteiger partial charge < -0.3 is 15.1 Å². The van der Waals surface area contributed by atoms with Gasteiger partial charge in [0.05, 0.1) is 8.26 Å². The zero-order valence-electron chi connectivity index (χ0n) is 23.0. The predicted octanol–water partition coefficient (Wildman–Crippen LogP) is 3.69. The van der Waals surface area contributed by atoms with Crippen molar-refractivity contribution < 1.29 is 34.3 Å². The van der Waals surface area contributed by atoms with Crippen LogP contribution in [0.1, 0.15) is 45.9 Å². The lowest BCUT2D eigenvalue weighted by atomic mass is 9.93. The van der Waals surface area contributed by atoms with Gasteiger partial charge in [0, 0.05) is 37.8 Å². The average Bonchev–Trinajstić information content (AvgIpc) is 3.19. The first-order valence-electron chi connectivity index (χ1n) is 13.7. The largest absolute Gasteiger partial charge is 0.406 e. The number of pyridine rings is 1. The smallest absolute Gasteiger partial charge is 0.331 e. The number of alkyl halides is 3. The number of rotatable bonds is 4. The summed E-state index contributed by atoms with van der Waals surface area (Å²) >= 11 is 0. The van der Waals surface area contributed by atoms with Gasteiger partial charge in [0.1, 0.15) is 12.5 Å². The number of hydrogen-bond acceptors (Lipinski definition) is 4. The first kappa shape index (κ1) is 25.0. The molecular weight excluding hydrogens is 539 g/mol. The van der Waals surface area contributed by atoms with Gasteiger partial charge in [-0.1, -0.05) is 12.1 Å². The first-order valence-corrected chi connectivity index (χ1v) is 12.7. The number of carbonyl (C=O) groups is 2. The topological polar surface area (TPSA) is 103 Å². The summed E-state index contributed by atoms with van der Waals surface area (Å²) in [5, 5.41) is 2.43. The summed E-state index contributed by atoms with van der Waals surface area (Å²) in [7, 11) is 0. The van der Waals surface area contributed by atoms with E-state index in [1.54, 1.807) is 22.9 Å². The Hall–Kier alpha value is -3.97. The number of carbonyl (C=O) groups excluding carboxylic acids is 2. The van der Waals surface area contributed by atoms with E-state index >= 15 is 0 Å². The third-order valence-corrected chi connectivity index (χ3v) is 7.36. The number of hydrogen-bond donors (Lipinski definition) is 2. The van der Waals surface area contributed by atoms with E-state index < -0.39 is 54.8 Å². The van der Waals surface area contributed by atoms with Crippen LogP contribution in [0.4, 0.5) is 26.7 Å². The minimum atomic E-state index is -5.50. The molecule has 0 radical (unpaired) electrons. The number of piperidine rings is 1. The minimum Gasteiger partial charge on any atom is -0.331 e. The molecule has 2 aliphatic rings. The minimum absolute atomic E-state index is 0.0519. The van der Waals surface area contributed by atoms with Crippen molar-refractivity contribution in [1.82, 2.24) is 29.7 Å². The molecule has 2 aromatic heterocycles. The van der Waals surface area contributed by atoms with Crippen molar-refractivity contribution in [3.8, 4) is 0 Å². The van der Waals surface area contributed by atoms with Gasteiger partial charge in [-0.15, -0.1) is 0 Å². The van der Waals surface area contributed by atoms with Gasteiger partial charge in [0.25, 0.3) is 0 Å². The summed E-state index contributed by atoms with van der Waals surface area (Å²) < 4.78 is 86.6. The fraction of sp³-hybridized carbons (Fsp3) is 0.462. The second-order valence-corrected chi connectivity index (χ2v) is 9.87. The summed E-state index contributed by atoms with van der Waals surface area (Å²) in [6, 6.07) is 4.07. The van der Waals surface area contributed by atoms with Crippen LogP contribution in [0.3, 0.4) is 0 Å². The van der Waals surface area contributed by atoms with E-state index in [0.717, 1.165) is 6.07 Å².